The largest absolute Gasteiger partial charge is 0.385 e. The van der Waals surface area contributed by atoms with Gasteiger partial charge in [-0.15, -0.1) is 11.3 Å². The summed E-state index contributed by atoms with van der Waals surface area (Å²) in [5.74, 6) is -0.121. The number of carbonyl (C=O) groups excluding carboxylic acids is 1. The van der Waals surface area contributed by atoms with Gasteiger partial charge in [-0.3, -0.25) is 10.1 Å². The van der Waals surface area contributed by atoms with Crippen LogP contribution in [-0.2, 0) is 0 Å². The third kappa shape index (κ3) is 3.57. The van der Waals surface area contributed by atoms with Crippen LogP contribution in [0.4, 0.5) is 10.8 Å². The van der Waals surface area contributed by atoms with E-state index in [4.69, 9.17) is 0 Å². The molecule has 0 radical (unpaired) electrons. The Morgan fingerprint density at radius 3 is 2.75 bits per heavy atom. The van der Waals surface area contributed by atoms with E-state index in [1.807, 2.05) is 32.0 Å². The Hall–Kier alpha value is -1.88. The zero-order valence-electron chi connectivity index (χ0n) is 12.0. The van der Waals surface area contributed by atoms with Crippen LogP contribution in [0, 0.1) is 13.8 Å². The maximum atomic E-state index is 12.1. The molecule has 0 unspecified atom stereocenters. The number of aromatic nitrogens is 1. The molecule has 1 aromatic carbocycles. The van der Waals surface area contributed by atoms with Crippen molar-refractivity contribution in [2.24, 2.45) is 0 Å². The molecular weight excluding hydrogens is 270 g/mol. The van der Waals surface area contributed by atoms with Crippen molar-refractivity contribution in [3.63, 3.8) is 0 Å². The normalized spacial score (nSPS) is 10.3. The van der Waals surface area contributed by atoms with E-state index in [0.717, 1.165) is 29.1 Å². The molecule has 0 fully saturated rings. The lowest BCUT2D eigenvalue weighted by Gasteiger charge is -2.10. The van der Waals surface area contributed by atoms with Gasteiger partial charge in [0.1, 0.15) is 0 Å². The van der Waals surface area contributed by atoms with Gasteiger partial charge in [-0.2, -0.15) is 0 Å². The fourth-order valence-electron chi connectivity index (χ4n) is 1.84. The van der Waals surface area contributed by atoms with Crippen molar-refractivity contribution in [2.75, 3.05) is 17.2 Å². The topological polar surface area (TPSA) is 54.0 Å². The Balaban J connectivity index is 2.08. The summed E-state index contributed by atoms with van der Waals surface area (Å²) in [5.41, 5.74) is 2.80. The van der Waals surface area contributed by atoms with Gasteiger partial charge in [-0.05, 0) is 44.0 Å². The number of carbonyl (C=O) groups is 1. The van der Waals surface area contributed by atoms with Crippen molar-refractivity contribution in [3.05, 3.63) is 40.4 Å². The van der Waals surface area contributed by atoms with Crippen molar-refractivity contribution in [1.29, 1.82) is 0 Å². The predicted octanol–water partition coefficient (Wildman–Crippen LogP) is 3.83. The highest BCUT2D eigenvalue weighted by Crippen LogP contribution is 2.20. The summed E-state index contributed by atoms with van der Waals surface area (Å²) >= 11 is 1.47. The summed E-state index contributed by atoms with van der Waals surface area (Å²) in [6, 6.07) is 5.68. The lowest BCUT2D eigenvalue weighted by Crippen LogP contribution is -2.12. The van der Waals surface area contributed by atoms with Gasteiger partial charge in [0.2, 0.25) is 0 Å². The SMILES string of the molecule is CCCNc1ccc(C(=O)Nc2ncc(C)s2)cc1C. The number of amides is 1. The second-order valence-corrected chi connectivity index (χ2v) is 5.92. The Kier molecular flexibility index (Phi) is 4.74. The molecule has 2 aromatic rings. The molecule has 0 bridgehead atoms. The number of nitrogens with one attached hydrogen (secondary N) is 2. The Morgan fingerprint density at radius 2 is 2.15 bits per heavy atom. The van der Waals surface area contributed by atoms with Crippen molar-refractivity contribution in [2.45, 2.75) is 27.2 Å². The van der Waals surface area contributed by atoms with Crippen molar-refractivity contribution >= 4 is 28.1 Å². The molecule has 0 aliphatic heterocycles. The number of benzene rings is 1. The quantitative estimate of drug-likeness (QED) is 0.879. The minimum absolute atomic E-state index is 0.121. The van der Waals surface area contributed by atoms with E-state index < -0.39 is 0 Å². The summed E-state index contributed by atoms with van der Waals surface area (Å²) in [6.45, 7) is 7.03. The highest BCUT2D eigenvalue weighted by Gasteiger charge is 2.09. The smallest absolute Gasteiger partial charge is 0.257 e. The molecule has 0 saturated carbocycles. The molecule has 4 nitrogen and oxygen atoms in total. The minimum Gasteiger partial charge on any atom is -0.385 e. The fourth-order valence-corrected chi connectivity index (χ4v) is 2.50. The van der Waals surface area contributed by atoms with Crippen molar-refractivity contribution in [3.8, 4) is 0 Å². The van der Waals surface area contributed by atoms with Crippen LogP contribution in [0.15, 0.2) is 24.4 Å². The van der Waals surface area contributed by atoms with Crippen LogP contribution in [0.25, 0.3) is 0 Å². The van der Waals surface area contributed by atoms with Gasteiger partial charge in [-0.25, -0.2) is 4.98 Å². The first-order chi connectivity index (χ1) is 9.60. The molecule has 0 aliphatic rings. The summed E-state index contributed by atoms with van der Waals surface area (Å²) in [5, 5.41) is 6.79. The minimum atomic E-state index is -0.121. The molecule has 0 spiro atoms. The van der Waals surface area contributed by atoms with Gasteiger partial charge in [0, 0.05) is 28.9 Å². The van der Waals surface area contributed by atoms with Crippen LogP contribution < -0.4 is 10.6 Å². The Bertz CT molecular complexity index is 607. The van der Waals surface area contributed by atoms with Crippen LogP contribution in [0.5, 0.6) is 0 Å². The molecule has 1 amide bonds. The zero-order valence-corrected chi connectivity index (χ0v) is 12.8. The molecule has 0 aliphatic carbocycles. The van der Waals surface area contributed by atoms with Crippen LogP contribution in [-0.4, -0.2) is 17.4 Å². The van der Waals surface area contributed by atoms with Gasteiger partial charge >= 0.3 is 0 Å². The van der Waals surface area contributed by atoms with E-state index in [1.54, 1.807) is 6.20 Å². The Morgan fingerprint density at radius 1 is 1.35 bits per heavy atom. The van der Waals surface area contributed by atoms with Gasteiger partial charge < -0.3 is 5.32 Å². The van der Waals surface area contributed by atoms with E-state index >= 15 is 0 Å². The van der Waals surface area contributed by atoms with E-state index in [0.29, 0.717) is 10.7 Å². The van der Waals surface area contributed by atoms with E-state index in [9.17, 15) is 4.79 Å². The number of hydrogen-bond acceptors (Lipinski definition) is 4. The summed E-state index contributed by atoms with van der Waals surface area (Å²) < 4.78 is 0. The maximum Gasteiger partial charge on any atom is 0.257 e. The number of aryl methyl sites for hydroxylation is 2. The highest BCUT2D eigenvalue weighted by molar-refractivity contribution is 7.15. The summed E-state index contributed by atoms with van der Waals surface area (Å²) in [4.78, 5) is 17.4. The molecule has 2 rings (SSSR count). The first kappa shape index (κ1) is 14.5. The fraction of sp³-hybridized carbons (Fsp3) is 0.333. The average Bonchev–Trinajstić information content (AvgIpc) is 2.82. The van der Waals surface area contributed by atoms with E-state index in [2.05, 4.69) is 22.5 Å². The molecular formula is C15H19N3OS. The van der Waals surface area contributed by atoms with Gasteiger partial charge in [0.05, 0.1) is 0 Å². The number of thiazole rings is 1. The third-order valence-electron chi connectivity index (χ3n) is 2.90. The number of anilines is 2. The molecule has 0 saturated heterocycles. The van der Waals surface area contributed by atoms with E-state index in [1.165, 1.54) is 11.3 Å². The van der Waals surface area contributed by atoms with Crippen LogP contribution in [0.1, 0.15) is 34.1 Å². The van der Waals surface area contributed by atoms with Crippen LogP contribution in [0.3, 0.4) is 0 Å². The Labute approximate surface area is 123 Å². The van der Waals surface area contributed by atoms with Gasteiger partial charge in [0.25, 0.3) is 5.91 Å². The molecule has 0 atom stereocenters. The molecule has 1 aromatic heterocycles. The van der Waals surface area contributed by atoms with Gasteiger partial charge in [-0.1, -0.05) is 6.92 Å². The number of nitrogens with zero attached hydrogens (tertiary/aromatic N) is 1. The van der Waals surface area contributed by atoms with Crippen LogP contribution in [0.2, 0.25) is 0 Å². The van der Waals surface area contributed by atoms with Crippen molar-refractivity contribution in [1.82, 2.24) is 4.98 Å². The monoisotopic (exact) mass is 289 g/mol. The maximum absolute atomic E-state index is 12.1. The molecule has 20 heavy (non-hydrogen) atoms. The molecule has 5 heteroatoms. The number of hydrogen-bond donors (Lipinski definition) is 2. The zero-order chi connectivity index (χ0) is 14.5. The molecule has 1 heterocycles. The first-order valence-corrected chi connectivity index (χ1v) is 7.50. The lowest BCUT2D eigenvalue weighted by molar-refractivity contribution is 0.102. The highest BCUT2D eigenvalue weighted by atomic mass is 32.1. The average molecular weight is 289 g/mol. The first-order valence-electron chi connectivity index (χ1n) is 6.68. The summed E-state index contributed by atoms with van der Waals surface area (Å²) in [6.07, 6.45) is 2.83. The molecule has 2 N–H and O–H groups in total. The van der Waals surface area contributed by atoms with Crippen molar-refractivity contribution < 1.29 is 4.79 Å². The number of rotatable bonds is 5. The lowest BCUT2D eigenvalue weighted by atomic mass is 10.1. The second-order valence-electron chi connectivity index (χ2n) is 4.69. The third-order valence-corrected chi connectivity index (χ3v) is 3.72. The molecule has 106 valence electrons. The van der Waals surface area contributed by atoms with Crippen LogP contribution >= 0.6 is 11.3 Å². The van der Waals surface area contributed by atoms with Gasteiger partial charge in [0.15, 0.2) is 5.13 Å². The standard InChI is InChI=1S/C15H19N3OS/c1-4-7-16-13-6-5-12(8-10(13)2)14(19)18-15-17-9-11(3)20-15/h5-6,8-9,16H,4,7H2,1-3H3,(H,17,18,19). The predicted molar refractivity (Wildman–Crippen MR) is 84.8 cm³/mol. The second kappa shape index (κ2) is 6.52. The van der Waals surface area contributed by atoms with E-state index in [-0.39, 0.29) is 5.91 Å². The summed E-state index contributed by atoms with van der Waals surface area (Å²) in [7, 11) is 0.